The van der Waals surface area contributed by atoms with E-state index in [0.29, 0.717) is 6.42 Å². The van der Waals surface area contributed by atoms with Crippen LogP contribution in [-0.4, -0.2) is 62.3 Å². The topological polar surface area (TPSA) is 55.8 Å². The monoisotopic (exact) mass is 815 g/mol. The van der Waals surface area contributed by atoms with Crippen LogP contribution in [0.2, 0.25) is 31.4 Å². The number of allylic oxidation sites excluding steroid dienone is 4. The van der Waals surface area contributed by atoms with E-state index in [4.69, 9.17) is 9.16 Å². The van der Waals surface area contributed by atoms with E-state index in [1.54, 1.807) is 3.59 Å². The summed E-state index contributed by atoms with van der Waals surface area (Å²) in [5.41, 5.74) is 3.56. The van der Waals surface area contributed by atoms with Crippen molar-refractivity contribution in [2.24, 2.45) is 5.92 Å². The molecule has 1 aromatic carbocycles. The quantitative estimate of drug-likeness (QED) is 0.0770. The van der Waals surface area contributed by atoms with E-state index in [9.17, 15) is 4.79 Å². The Bertz CT molecular complexity index is 1220. The first-order valence-electron chi connectivity index (χ1n) is 20.2. The zero-order valence-corrected chi connectivity index (χ0v) is 37.6. The predicted molar refractivity (Wildman–Crippen MR) is 219 cm³/mol. The van der Waals surface area contributed by atoms with Crippen molar-refractivity contribution in [3.63, 3.8) is 0 Å². The van der Waals surface area contributed by atoms with Gasteiger partial charge in [-0.25, -0.2) is 0 Å². The van der Waals surface area contributed by atoms with Crippen LogP contribution in [0.15, 0.2) is 63.3 Å². The van der Waals surface area contributed by atoms with Crippen molar-refractivity contribution in [3.05, 3.63) is 68.9 Å². The van der Waals surface area contributed by atoms with Crippen LogP contribution < -0.4 is 0 Å². The maximum atomic E-state index is 15.1. The first kappa shape index (κ1) is 44.5. The summed E-state index contributed by atoms with van der Waals surface area (Å²) in [4.78, 5) is 30.0. The van der Waals surface area contributed by atoms with E-state index in [2.05, 4.69) is 99.6 Å². The van der Waals surface area contributed by atoms with Gasteiger partial charge in [-0.2, -0.15) is 0 Å². The summed E-state index contributed by atoms with van der Waals surface area (Å²) < 4.78 is 18.8. The van der Waals surface area contributed by atoms with Crippen LogP contribution >= 0.6 is 0 Å². The molecule has 0 unspecified atom stereocenters. The Morgan fingerprint density at radius 1 is 0.900 bits per heavy atom. The van der Waals surface area contributed by atoms with Gasteiger partial charge >= 0.3 is 314 Å². The first-order chi connectivity index (χ1) is 23.9. The fourth-order valence-electron chi connectivity index (χ4n) is 7.65. The maximum absolute atomic E-state index is 15.1. The average Bonchev–Trinajstić information content (AvgIpc) is 3.47. The molecule has 5 nitrogen and oxygen atoms in total. The molecule has 0 spiro atoms. The molecule has 0 saturated carbocycles. The third-order valence-electron chi connectivity index (χ3n) is 11.3. The molecule has 1 saturated heterocycles. The second-order valence-corrected chi connectivity index (χ2v) is 33.8. The number of amides is 2. The van der Waals surface area contributed by atoms with Crippen molar-refractivity contribution in [2.45, 2.75) is 171 Å². The molecule has 2 rings (SSSR count). The van der Waals surface area contributed by atoms with E-state index in [1.165, 1.54) is 67.9 Å². The van der Waals surface area contributed by atoms with E-state index >= 15 is 4.79 Å². The molecule has 1 fully saturated rings. The Kier molecular flexibility index (Phi) is 20.6. The minimum absolute atomic E-state index is 0.174. The van der Waals surface area contributed by atoms with Gasteiger partial charge in [-0.1, -0.05) is 0 Å². The number of rotatable bonds is 24. The standard InChI is InChI=1S/C31H46NO4Si.3C4H9.Sn/c1-8-16-29(36-37(9-2,10-3)11-4)28(21-25(7)18-15-17-24(5)6)30(33)32-27(23-35-31(32)34)22-26-19-13-12-14-20-26;3*1-3-4-2;/h12-14,16-17,19-21,27-29H,9-11,15,18,22-23H2,1-7H3;3*1,3-4H2,2H3;/b16-8?,25-21-;;;;/t27-,28-,29-;;;;/m0..../s1. The van der Waals surface area contributed by atoms with Gasteiger partial charge in [-0.3, -0.25) is 0 Å². The van der Waals surface area contributed by atoms with Gasteiger partial charge in [-0.05, 0) is 0 Å². The minimum atomic E-state index is -2.83. The van der Waals surface area contributed by atoms with Crippen molar-refractivity contribution >= 4 is 38.7 Å². The Morgan fingerprint density at radius 3 is 1.96 bits per heavy atom. The Hall–Kier alpha value is -1.64. The van der Waals surface area contributed by atoms with E-state index in [0.717, 1.165) is 36.5 Å². The van der Waals surface area contributed by atoms with Crippen LogP contribution in [0.4, 0.5) is 4.79 Å². The van der Waals surface area contributed by atoms with Crippen molar-refractivity contribution in [1.29, 1.82) is 0 Å². The number of imide groups is 1. The third kappa shape index (κ3) is 13.4. The molecule has 1 heterocycles. The van der Waals surface area contributed by atoms with Gasteiger partial charge in [0.15, 0.2) is 0 Å². The van der Waals surface area contributed by atoms with Gasteiger partial charge in [0.05, 0.1) is 0 Å². The number of hydrogen-bond donors (Lipinski definition) is 0. The molecule has 0 aliphatic carbocycles. The van der Waals surface area contributed by atoms with Crippen molar-refractivity contribution in [2.75, 3.05) is 6.61 Å². The molecule has 2 amide bonds. The van der Waals surface area contributed by atoms with Crippen LogP contribution in [0.3, 0.4) is 0 Å². The second kappa shape index (κ2) is 23.1. The summed E-state index contributed by atoms with van der Waals surface area (Å²) >= 11 is -2.83. The molecule has 0 aromatic heterocycles. The number of unbranched alkanes of at least 4 members (excludes halogenated alkanes) is 3. The van der Waals surface area contributed by atoms with Crippen LogP contribution in [0.1, 0.15) is 126 Å². The van der Waals surface area contributed by atoms with Gasteiger partial charge < -0.3 is 0 Å². The van der Waals surface area contributed by atoms with Gasteiger partial charge in [0.2, 0.25) is 0 Å². The SMILES string of the molecule is CCC[CH2][Sn]([CH2]CCC)([CH2]CCC)/[C](C)=C/[C@H](O[Si](CC)(CC)CC)[C@H](/C=C(/C)CCC=C(C)C)C(=O)N1C(=O)OC[C@@H]1Cc1ccccc1. The van der Waals surface area contributed by atoms with Crippen LogP contribution in [0.25, 0.3) is 0 Å². The molecule has 0 bridgehead atoms. The molecule has 0 N–H and O–H groups in total. The van der Waals surface area contributed by atoms with E-state index in [1.807, 2.05) is 18.2 Å². The van der Waals surface area contributed by atoms with Crippen molar-refractivity contribution in [1.82, 2.24) is 4.90 Å². The molecular weight excluding hydrogens is 741 g/mol. The third-order valence-corrected chi connectivity index (χ3v) is 32.4. The van der Waals surface area contributed by atoms with Crippen molar-refractivity contribution < 1.29 is 18.8 Å². The predicted octanol–water partition coefficient (Wildman–Crippen LogP) is 12.6. The number of hydrogen-bond acceptors (Lipinski definition) is 4. The van der Waals surface area contributed by atoms with Gasteiger partial charge in [0.1, 0.15) is 0 Å². The zero-order valence-electron chi connectivity index (χ0n) is 33.7. The van der Waals surface area contributed by atoms with Crippen molar-refractivity contribution in [3.8, 4) is 0 Å². The number of carbonyl (C=O) groups is 2. The molecule has 1 aliphatic heterocycles. The van der Waals surface area contributed by atoms with E-state index < -0.39 is 44.8 Å². The van der Waals surface area contributed by atoms with Gasteiger partial charge in [-0.15, -0.1) is 0 Å². The molecule has 50 heavy (non-hydrogen) atoms. The number of ether oxygens (including phenoxy) is 1. The number of nitrogens with zero attached hydrogens (tertiary/aromatic N) is 1. The van der Waals surface area contributed by atoms with Gasteiger partial charge in [0.25, 0.3) is 0 Å². The first-order valence-corrected chi connectivity index (χ1v) is 30.2. The summed E-state index contributed by atoms with van der Waals surface area (Å²) in [6.45, 7) is 22.8. The molecule has 1 aliphatic rings. The molecule has 1 aromatic rings. The number of carbonyl (C=O) groups excluding carboxylic acids is 2. The Morgan fingerprint density at radius 2 is 1.46 bits per heavy atom. The second-order valence-electron chi connectivity index (χ2n) is 15.3. The normalized spacial score (nSPS) is 17.1. The Labute approximate surface area is 312 Å². The van der Waals surface area contributed by atoms with Gasteiger partial charge in [0, 0.05) is 0 Å². The summed E-state index contributed by atoms with van der Waals surface area (Å²) in [6.07, 6.45) is 15.8. The fourth-order valence-corrected chi connectivity index (χ4v) is 26.3. The summed E-state index contributed by atoms with van der Waals surface area (Å²) in [7, 11) is -2.16. The summed E-state index contributed by atoms with van der Waals surface area (Å²) in [6, 6.07) is 12.8. The molecule has 0 radical (unpaired) electrons. The zero-order chi connectivity index (χ0) is 37.2. The Balaban J connectivity index is 2.82. The number of cyclic esters (lactones) is 1. The number of benzene rings is 1. The summed E-state index contributed by atoms with van der Waals surface area (Å²) in [5.74, 6) is -0.767. The summed E-state index contributed by atoms with van der Waals surface area (Å²) in [5, 5.41) is 0. The van der Waals surface area contributed by atoms with E-state index in [-0.39, 0.29) is 18.6 Å². The van der Waals surface area contributed by atoms with Crippen LogP contribution in [0.5, 0.6) is 0 Å². The molecule has 7 heteroatoms. The van der Waals surface area contributed by atoms with Crippen LogP contribution in [0, 0.1) is 5.92 Å². The molecule has 3 atom stereocenters. The average molecular weight is 815 g/mol. The molecular formula is C43H73NO4SiSn. The fraction of sp³-hybridized carbons (Fsp3) is 0.674. The molecule has 282 valence electrons. The van der Waals surface area contributed by atoms with Crippen LogP contribution in [-0.2, 0) is 20.4 Å².